The fourth-order valence-corrected chi connectivity index (χ4v) is 3.20. The van der Waals surface area contributed by atoms with Crippen molar-refractivity contribution in [2.24, 2.45) is 0 Å². The Balaban J connectivity index is 1.72. The standard InChI is InChI=1S/C19H17ClN2O/c20-17-4-1-3-16(11-17)19(9-2-10-19)18(23)22-13-15-7-5-14(12-21)6-8-15/h1,3-8,11H,2,9-10,13H2,(H,22,23). The fraction of sp³-hybridized carbons (Fsp3) is 0.263. The molecule has 4 heteroatoms. The lowest BCUT2D eigenvalue weighted by Crippen LogP contribution is -2.49. The molecule has 0 aliphatic heterocycles. The van der Waals surface area contributed by atoms with E-state index in [1.807, 2.05) is 36.4 Å². The van der Waals surface area contributed by atoms with Crippen LogP contribution in [0.4, 0.5) is 0 Å². The molecule has 3 rings (SSSR count). The van der Waals surface area contributed by atoms with Gasteiger partial charge in [0, 0.05) is 11.6 Å². The Morgan fingerprint density at radius 3 is 2.52 bits per heavy atom. The van der Waals surface area contributed by atoms with Crippen LogP contribution in [0, 0.1) is 11.3 Å². The molecule has 116 valence electrons. The molecule has 1 aliphatic rings. The number of nitrogens with one attached hydrogen (secondary N) is 1. The van der Waals surface area contributed by atoms with E-state index in [1.165, 1.54) is 0 Å². The van der Waals surface area contributed by atoms with E-state index in [9.17, 15) is 4.79 Å². The summed E-state index contributed by atoms with van der Waals surface area (Å²) in [5, 5.41) is 12.5. The Bertz CT molecular complexity index is 758. The minimum atomic E-state index is -0.447. The van der Waals surface area contributed by atoms with E-state index in [2.05, 4.69) is 11.4 Å². The van der Waals surface area contributed by atoms with Gasteiger partial charge in [-0.2, -0.15) is 5.26 Å². The van der Waals surface area contributed by atoms with Gasteiger partial charge >= 0.3 is 0 Å². The average molecular weight is 325 g/mol. The topological polar surface area (TPSA) is 52.9 Å². The number of rotatable bonds is 4. The highest BCUT2D eigenvalue weighted by Crippen LogP contribution is 2.44. The van der Waals surface area contributed by atoms with E-state index in [1.54, 1.807) is 12.1 Å². The van der Waals surface area contributed by atoms with Crippen molar-refractivity contribution in [2.45, 2.75) is 31.2 Å². The van der Waals surface area contributed by atoms with Gasteiger partial charge in [0.1, 0.15) is 0 Å². The molecule has 1 saturated carbocycles. The molecule has 0 unspecified atom stereocenters. The maximum Gasteiger partial charge on any atom is 0.230 e. The van der Waals surface area contributed by atoms with Gasteiger partial charge in [-0.05, 0) is 48.2 Å². The summed E-state index contributed by atoms with van der Waals surface area (Å²) in [5.41, 5.74) is 2.15. The molecule has 3 nitrogen and oxygen atoms in total. The van der Waals surface area contributed by atoms with Gasteiger partial charge in [-0.25, -0.2) is 0 Å². The van der Waals surface area contributed by atoms with Crippen molar-refractivity contribution in [1.29, 1.82) is 5.26 Å². The molecule has 0 bridgehead atoms. The largest absolute Gasteiger partial charge is 0.351 e. The Hall–Kier alpha value is -2.31. The van der Waals surface area contributed by atoms with Gasteiger partial charge in [-0.1, -0.05) is 42.3 Å². The van der Waals surface area contributed by atoms with E-state index in [-0.39, 0.29) is 5.91 Å². The van der Waals surface area contributed by atoms with Crippen LogP contribution in [0.1, 0.15) is 36.0 Å². The van der Waals surface area contributed by atoms with Gasteiger partial charge in [0.15, 0.2) is 0 Å². The molecule has 0 radical (unpaired) electrons. The summed E-state index contributed by atoms with van der Waals surface area (Å²) in [6.07, 6.45) is 2.76. The maximum atomic E-state index is 12.7. The van der Waals surface area contributed by atoms with Crippen LogP contribution in [-0.4, -0.2) is 5.91 Å². The van der Waals surface area contributed by atoms with Crippen molar-refractivity contribution in [3.63, 3.8) is 0 Å². The van der Waals surface area contributed by atoms with Gasteiger partial charge in [0.05, 0.1) is 17.0 Å². The summed E-state index contributed by atoms with van der Waals surface area (Å²) in [6, 6.07) is 16.9. The summed E-state index contributed by atoms with van der Waals surface area (Å²) < 4.78 is 0. The van der Waals surface area contributed by atoms with Crippen LogP contribution >= 0.6 is 11.6 Å². The first kappa shape index (κ1) is 15.6. The van der Waals surface area contributed by atoms with Crippen LogP contribution in [-0.2, 0) is 16.8 Å². The molecular weight excluding hydrogens is 308 g/mol. The third-order valence-corrected chi connectivity index (χ3v) is 4.79. The van der Waals surface area contributed by atoms with E-state index >= 15 is 0 Å². The zero-order valence-electron chi connectivity index (χ0n) is 12.7. The van der Waals surface area contributed by atoms with Crippen LogP contribution in [0.5, 0.6) is 0 Å². The molecular formula is C19H17ClN2O. The number of hydrogen-bond acceptors (Lipinski definition) is 2. The van der Waals surface area contributed by atoms with E-state index in [4.69, 9.17) is 16.9 Å². The number of nitriles is 1. The predicted molar refractivity (Wildman–Crippen MR) is 90.0 cm³/mol. The lowest BCUT2D eigenvalue weighted by atomic mass is 9.64. The lowest BCUT2D eigenvalue weighted by molar-refractivity contribution is -0.130. The van der Waals surface area contributed by atoms with Crippen LogP contribution < -0.4 is 5.32 Å². The normalized spacial score (nSPS) is 15.3. The number of halogens is 1. The Morgan fingerprint density at radius 1 is 1.22 bits per heavy atom. The van der Waals surface area contributed by atoms with Gasteiger partial charge < -0.3 is 5.32 Å². The first-order valence-corrected chi connectivity index (χ1v) is 8.05. The number of benzene rings is 2. The summed E-state index contributed by atoms with van der Waals surface area (Å²) in [4.78, 5) is 12.7. The molecule has 2 aromatic carbocycles. The zero-order chi connectivity index (χ0) is 16.3. The SMILES string of the molecule is N#Cc1ccc(CNC(=O)C2(c3cccc(Cl)c3)CCC2)cc1. The first-order chi connectivity index (χ1) is 11.1. The summed E-state index contributed by atoms with van der Waals surface area (Å²) >= 11 is 6.08. The Morgan fingerprint density at radius 2 is 1.96 bits per heavy atom. The van der Waals surface area contributed by atoms with Gasteiger partial charge in [-0.3, -0.25) is 4.79 Å². The van der Waals surface area contributed by atoms with Gasteiger partial charge in [-0.15, -0.1) is 0 Å². The minimum absolute atomic E-state index is 0.0513. The van der Waals surface area contributed by atoms with Crippen LogP contribution in [0.3, 0.4) is 0 Å². The van der Waals surface area contributed by atoms with Crippen LogP contribution in [0.15, 0.2) is 48.5 Å². The van der Waals surface area contributed by atoms with Crippen LogP contribution in [0.25, 0.3) is 0 Å². The van der Waals surface area contributed by atoms with Crippen molar-refractivity contribution < 1.29 is 4.79 Å². The number of amides is 1. The molecule has 0 heterocycles. The maximum absolute atomic E-state index is 12.7. The molecule has 1 amide bonds. The number of carbonyl (C=O) groups excluding carboxylic acids is 1. The first-order valence-electron chi connectivity index (χ1n) is 7.67. The minimum Gasteiger partial charge on any atom is -0.351 e. The van der Waals surface area contributed by atoms with Gasteiger partial charge in [0.25, 0.3) is 0 Å². The molecule has 0 saturated heterocycles. The van der Waals surface area contributed by atoms with Crippen molar-refractivity contribution in [2.75, 3.05) is 0 Å². The number of nitrogens with zero attached hydrogens (tertiary/aromatic N) is 1. The monoisotopic (exact) mass is 324 g/mol. The second-order valence-electron chi connectivity index (χ2n) is 5.94. The molecule has 2 aromatic rings. The average Bonchev–Trinajstić information content (AvgIpc) is 2.52. The molecule has 0 aromatic heterocycles. The van der Waals surface area contributed by atoms with Crippen molar-refractivity contribution in [3.8, 4) is 6.07 Å². The predicted octanol–water partition coefficient (Wildman–Crippen LogP) is 3.95. The Kier molecular flexibility index (Phi) is 4.36. The fourth-order valence-electron chi connectivity index (χ4n) is 3.01. The molecule has 0 atom stereocenters. The summed E-state index contributed by atoms with van der Waals surface area (Å²) in [6.45, 7) is 0.465. The molecule has 0 spiro atoms. The van der Waals surface area contributed by atoms with Gasteiger partial charge in [0.2, 0.25) is 5.91 Å². The van der Waals surface area contributed by atoms with Crippen LogP contribution in [0.2, 0.25) is 5.02 Å². The Labute approximate surface area is 140 Å². The highest BCUT2D eigenvalue weighted by atomic mass is 35.5. The highest BCUT2D eigenvalue weighted by molar-refractivity contribution is 6.30. The zero-order valence-corrected chi connectivity index (χ0v) is 13.4. The third-order valence-electron chi connectivity index (χ3n) is 4.56. The second kappa shape index (κ2) is 6.44. The molecule has 23 heavy (non-hydrogen) atoms. The van der Waals surface area contributed by atoms with E-state index in [0.29, 0.717) is 17.1 Å². The van der Waals surface area contributed by atoms with Crippen molar-refractivity contribution in [3.05, 3.63) is 70.2 Å². The quantitative estimate of drug-likeness (QED) is 0.925. The molecule has 1 aliphatic carbocycles. The number of hydrogen-bond donors (Lipinski definition) is 1. The van der Waals surface area contributed by atoms with E-state index in [0.717, 1.165) is 30.4 Å². The molecule has 1 fully saturated rings. The third kappa shape index (κ3) is 3.09. The second-order valence-corrected chi connectivity index (χ2v) is 6.37. The lowest BCUT2D eigenvalue weighted by Gasteiger charge is -2.40. The van der Waals surface area contributed by atoms with E-state index < -0.39 is 5.41 Å². The highest BCUT2D eigenvalue weighted by Gasteiger charge is 2.45. The summed E-state index contributed by atoms with van der Waals surface area (Å²) in [7, 11) is 0. The van der Waals surface area contributed by atoms with Crippen molar-refractivity contribution >= 4 is 17.5 Å². The summed E-state index contributed by atoms with van der Waals surface area (Å²) in [5.74, 6) is 0.0513. The van der Waals surface area contributed by atoms with Crippen molar-refractivity contribution in [1.82, 2.24) is 5.32 Å². The number of carbonyl (C=O) groups is 1. The molecule has 1 N–H and O–H groups in total. The smallest absolute Gasteiger partial charge is 0.230 e.